The first-order valence-corrected chi connectivity index (χ1v) is 4.61. The SMILES string of the molecule is C=CC(=O)OCCNC(=O)OCCC(F)(F)F. The normalized spacial score (nSPS) is 10.5. The Bertz CT molecular complexity index is 278. The van der Waals surface area contributed by atoms with Gasteiger partial charge in [0.2, 0.25) is 0 Å². The number of halogens is 3. The molecule has 0 aliphatic carbocycles. The van der Waals surface area contributed by atoms with Gasteiger partial charge in [-0.2, -0.15) is 13.2 Å². The van der Waals surface area contributed by atoms with Crippen molar-refractivity contribution in [3.63, 3.8) is 0 Å². The van der Waals surface area contributed by atoms with Crippen LogP contribution in [0.3, 0.4) is 0 Å². The third-order valence-corrected chi connectivity index (χ3v) is 1.40. The highest BCUT2D eigenvalue weighted by atomic mass is 19.4. The van der Waals surface area contributed by atoms with Crippen LogP contribution >= 0.6 is 0 Å². The summed E-state index contributed by atoms with van der Waals surface area (Å²) in [7, 11) is 0. The van der Waals surface area contributed by atoms with E-state index < -0.39 is 31.3 Å². The Kier molecular flexibility index (Phi) is 6.76. The average Bonchev–Trinajstić information content (AvgIpc) is 2.22. The molecule has 0 aromatic rings. The van der Waals surface area contributed by atoms with Crippen LogP contribution in [0.1, 0.15) is 6.42 Å². The van der Waals surface area contributed by atoms with E-state index in [0.717, 1.165) is 6.08 Å². The predicted octanol–water partition coefficient (Wildman–Crippen LogP) is 1.39. The first-order chi connectivity index (χ1) is 7.85. The van der Waals surface area contributed by atoms with Crippen LogP contribution < -0.4 is 5.32 Å². The molecule has 0 atom stereocenters. The Morgan fingerprint density at radius 1 is 1.24 bits per heavy atom. The molecule has 0 fully saturated rings. The van der Waals surface area contributed by atoms with Gasteiger partial charge in [0.1, 0.15) is 13.2 Å². The molecule has 0 heterocycles. The highest BCUT2D eigenvalue weighted by molar-refractivity contribution is 5.81. The summed E-state index contributed by atoms with van der Waals surface area (Å²) in [6, 6.07) is 0. The topological polar surface area (TPSA) is 64.6 Å². The molecule has 0 radical (unpaired) electrons. The third kappa shape index (κ3) is 10.6. The summed E-state index contributed by atoms with van der Waals surface area (Å²) in [4.78, 5) is 21.3. The predicted molar refractivity (Wildman–Crippen MR) is 51.2 cm³/mol. The lowest BCUT2D eigenvalue weighted by Gasteiger charge is -2.08. The molecule has 1 N–H and O–H groups in total. The molecule has 17 heavy (non-hydrogen) atoms. The Hall–Kier alpha value is -1.73. The molecule has 0 bridgehead atoms. The molecule has 0 aromatic carbocycles. The summed E-state index contributed by atoms with van der Waals surface area (Å²) < 4.78 is 43.7. The fourth-order valence-corrected chi connectivity index (χ4v) is 0.674. The van der Waals surface area contributed by atoms with Gasteiger partial charge in [-0.15, -0.1) is 0 Å². The van der Waals surface area contributed by atoms with Gasteiger partial charge in [-0.3, -0.25) is 0 Å². The quantitative estimate of drug-likeness (QED) is 0.442. The fraction of sp³-hybridized carbons (Fsp3) is 0.556. The second kappa shape index (κ2) is 7.53. The number of esters is 1. The summed E-state index contributed by atoms with van der Waals surface area (Å²) >= 11 is 0. The number of hydrogen-bond acceptors (Lipinski definition) is 4. The Morgan fingerprint density at radius 2 is 1.88 bits per heavy atom. The number of alkyl carbamates (subject to hydrolysis) is 1. The van der Waals surface area contributed by atoms with Crippen molar-refractivity contribution in [2.45, 2.75) is 12.6 Å². The van der Waals surface area contributed by atoms with Gasteiger partial charge >= 0.3 is 18.2 Å². The molecule has 0 saturated heterocycles. The monoisotopic (exact) mass is 255 g/mol. The largest absolute Gasteiger partial charge is 0.461 e. The minimum absolute atomic E-state index is 0.0512. The van der Waals surface area contributed by atoms with Crippen LogP contribution in [0.2, 0.25) is 0 Å². The molecule has 0 spiro atoms. The summed E-state index contributed by atoms with van der Waals surface area (Å²) in [5.74, 6) is -0.655. The molecule has 98 valence electrons. The molecule has 0 aromatic heterocycles. The van der Waals surface area contributed by atoms with E-state index in [-0.39, 0.29) is 13.2 Å². The number of alkyl halides is 3. The summed E-state index contributed by atoms with van der Waals surface area (Å²) in [5, 5.41) is 2.11. The highest BCUT2D eigenvalue weighted by Gasteiger charge is 2.27. The summed E-state index contributed by atoms with van der Waals surface area (Å²) in [6.07, 6.45) is -5.61. The lowest BCUT2D eigenvalue weighted by molar-refractivity contribution is -0.141. The van der Waals surface area contributed by atoms with Crippen molar-refractivity contribution in [1.82, 2.24) is 5.32 Å². The van der Waals surface area contributed by atoms with Crippen molar-refractivity contribution in [2.75, 3.05) is 19.8 Å². The first-order valence-electron chi connectivity index (χ1n) is 4.61. The Morgan fingerprint density at radius 3 is 2.41 bits per heavy atom. The molecular formula is C9H12F3NO4. The second-order valence-corrected chi connectivity index (χ2v) is 2.80. The van der Waals surface area contributed by atoms with Crippen LogP contribution in [-0.2, 0) is 14.3 Å². The highest BCUT2D eigenvalue weighted by Crippen LogP contribution is 2.18. The molecule has 0 saturated carbocycles. The van der Waals surface area contributed by atoms with E-state index in [1.165, 1.54) is 0 Å². The smallest absolute Gasteiger partial charge is 0.407 e. The van der Waals surface area contributed by atoms with Gasteiger partial charge in [0.15, 0.2) is 0 Å². The van der Waals surface area contributed by atoms with E-state index in [9.17, 15) is 22.8 Å². The molecule has 0 rings (SSSR count). The third-order valence-electron chi connectivity index (χ3n) is 1.40. The molecular weight excluding hydrogens is 243 g/mol. The van der Waals surface area contributed by atoms with Crippen LogP contribution in [0.5, 0.6) is 0 Å². The first kappa shape index (κ1) is 15.3. The van der Waals surface area contributed by atoms with Crippen molar-refractivity contribution in [3.8, 4) is 0 Å². The number of rotatable bonds is 6. The van der Waals surface area contributed by atoms with Crippen molar-refractivity contribution in [3.05, 3.63) is 12.7 Å². The van der Waals surface area contributed by atoms with E-state index in [0.29, 0.717) is 0 Å². The zero-order valence-corrected chi connectivity index (χ0v) is 8.88. The van der Waals surface area contributed by atoms with Gasteiger partial charge in [-0.05, 0) is 0 Å². The van der Waals surface area contributed by atoms with E-state index >= 15 is 0 Å². The fourth-order valence-electron chi connectivity index (χ4n) is 0.674. The maximum Gasteiger partial charge on any atom is 0.407 e. The molecule has 5 nitrogen and oxygen atoms in total. The lowest BCUT2D eigenvalue weighted by atomic mass is 10.4. The number of hydrogen-bond donors (Lipinski definition) is 1. The summed E-state index contributed by atoms with van der Waals surface area (Å²) in [6.45, 7) is 2.23. The minimum atomic E-state index is -4.36. The molecule has 8 heteroatoms. The molecule has 0 aliphatic rings. The van der Waals surface area contributed by atoms with Gasteiger partial charge in [0, 0.05) is 6.08 Å². The van der Waals surface area contributed by atoms with Crippen molar-refractivity contribution < 1.29 is 32.2 Å². The molecule has 0 unspecified atom stereocenters. The van der Waals surface area contributed by atoms with Crippen molar-refractivity contribution in [2.24, 2.45) is 0 Å². The summed E-state index contributed by atoms with van der Waals surface area (Å²) in [5.41, 5.74) is 0. The molecule has 1 amide bonds. The van der Waals surface area contributed by atoms with Crippen LogP contribution in [0.25, 0.3) is 0 Å². The number of ether oxygens (including phenoxy) is 2. The number of carbonyl (C=O) groups excluding carboxylic acids is 2. The number of carbonyl (C=O) groups is 2. The zero-order chi connectivity index (χ0) is 13.3. The zero-order valence-electron chi connectivity index (χ0n) is 8.88. The average molecular weight is 255 g/mol. The Labute approximate surface area is 95.6 Å². The van der Waals surface area contributed by atoms with Gasteiger partial charge in [-0.1, -0.05) is 6.58 Å². The van der Waals surface area contributed by atoms with Crippen LogP contribution in [-0.4, -0.2) is 38.0 Å². The van der Waals surface area contributed by atoms with Gasteiger partial charge in [0.05, 0.1) is 13.0 Å². The Balaban J connectivity index is 3.47. The van der Waals surface area contributed by atoms with Crippen LogP contribution in [0.15, 0.2) is 12.7 Å². The number of nitrogens with one attached hydrogen (secondary N) is 1. The second-order valence-electron chi connectivity index (χ2n) is 2.80. The lowest BCUT2D eigenvalue weighted by Crippen LogP contribution is -2.29. The van der Waals surface area contributed by atoms with Crippen LogP contribution in [0, 0.1) is 0 Å². The minimum Gasteiger partial charge on any atom is -0.461 e. The van der Waals surface area contributed by atoms with Crippen molar-refractivity contribution >= 4 is 12.1 Å². The maximum absolute atomic E-state index is 11.7. The van der Waals surface area contributed by atoms with E-state index in [1.807, 2.05) is 0 Å². The van der Waals surface area contributed by atoms with E-state index in [4.69, 9.17) is 0 Å². The standard InChI is InChI=1S/C9H12F3NO4/c1-2-7(14)16-6-4-13-8(15)17-5-3-9(10,11)12/h2H,1,3-6H2,(H,13,15). The van der Waals surface area contributed by atoms with Crippen molar-refractivity contribution in [1.29, 1.82) is 0 Å². The van der Waals surface area contributed by atoms with Gasteiger partial charge in [0.25, 0.3) is 0 Å². The molecule has 0 aliphatic heterocycles. The number of amides is 1. The van der Waals surface area contributed by atoms with Gasteiger partial charge in [-0.25, -0.2) is 9.59 Å². The maximum atomic E-state index is 11.7. The van der Waals surface area contributed by atoms with E-state index in [2.05, 4.69) is 21.4 Å². The van der Waals surface area contributed by atoms with Crippen LogP contribution in [0.4, 0.5) is 18.0 Å². The van der Waals surface area contributed by atoms with Gasteiger partial charge < -0.3 is 14.8 Å². The van der Waals surface area contributed by atoms with E-state index in [1.54, 1.807) is 0 Å².